The molecule has 0 aliphatic carbocycles. The average molecular weight is 354 g/mol. The van der Waals surface area contributed by atoms with Gasteiger partial charge in [0.2, 0.25) is 0 Å². The number of benzene rings is 2. The number of amides is 1. The predicted molar refractivity (Wildman–Crippen MR) is 98.6 cm³/mol. The molecule has 3 aromatic rings. The third kappa shape index (κ3) is 4.36. The highest BCUT2D eigenvalue weighted by Gasteiger charge is 2.10. The smallest absolute Gasteiger partial charge is 0.255 e. The fourth-order valence-corrected chi connectivity index (χ4v) is 2.83. The molecule has 0 unspecified atom stereocenters. The van der Waals surface area contributed by atoms with Gasteiger partial charge in [0.05, 0.1) is 24.0 Å². The zero-order valence-electron chi connectivity index (χ0n) is 14.0. The van der Waals surface area contributed by atoms with E-state index in [4.69, 9.17) is 9.47 Å². The molecule has 0 aliphatic rings. The molecule has 0 saturated carbocycles. The van der Waals surface area contributed by atoms with Crippen molar-refractivity contribution >= 4 is 22.9 Å². The second kappa shape index (κ2) is 7.81. The van der Waals surface area contributed by atoms with Crippen LogP contribution in [0.4, 0.5) is 5.69 Å². The molecule has 25 heavy (non-hydrogen) atoms. The van der Waals surface area contributed by atoms with E-state index in [1.54, 1.807) is 36.9 Å². The van der Waals surface area contributed by atoms with Crippen LogP contribution in [-0.2, 0) is 6.61 Å². The third-order valence-electron chi connectivity index (χ3n) is 3.59. The Balaban J connectivity index is 1.65. The third-order valence-corrected chi connectivity index (χ3v) is 4.23. The number of carbonyl (C=O) groups excluding carboxylic acids is 1. The summed E-state index contributed by atoms with van der Waals surface area (Å²) >= 11 is 1.53. The van der Waals surface area contributed by atoms with Crippen LogP contribution in [0.15, 0.2) is 53.4 Å². The van der Waals surface area contributed by atoms with E-state index in [0.29, 0.717) is 29.4 Å². The van der Waals surface area contributed by atoms with Crippen molar-refractivity contribution in [2.45, 2.75) is 13.5 Å². The number of methoxy groups -OCH3 is 1. The molecule has 5 nitrogen and oxygen atoms in total. The summed E-state index contributed by atoms with van der Waals surface area (Å²) < 4.78 is 10.9. The molecule has 1 N–H and O–H groups in total. The van der Waals surface area contributed by atoms with Crippen molar-refractivity contribution in [2.24, 2.45) is 0 Å². The van der Waals surface area contributed by atoms with Crippen molar-refractivity contribution in [1.82, 2.24) is 4.98 Å². The molecule has 3 rings (SSSR count). The van der Waals surface area contributed by atoms with Gasteiger partial charge in [-0.2, -0.15) is 0 Å². The summed E-state index contributed by atoms with van der Waals surface area (Å²) in [5.41, 5.74) is 4.90. The van der Waals surface area contributed by atoms with Crippen LogP contribution >= 0.6 is 11.3 Å². The molecule has 0 spiro atoms. The van der Waals surface area contributed by atoms with E-state index in [9.17, 15) is 4.79 Å². The van der Waals surface area contributed by atoms with Gasteiger partial charge in [-0.3, -0.25) is 4.79 Å². The molecule has 1 heterocycles. The van der Waals surface area contributed by atoms with Gasteiger partial charge in [0, 0.05) is 10.9 Å². The van der Waals surface area contributed by atoms with Gasteiger partial charge in [0.25, 0.3) is 5.91 Å². The van der Waals surface area contributed by atoms with Gasteiger partial charge < -0.3 is 14.8 Å². The SMILES string of the molecule is COc1ccc(C)cc1NC(=O)c1ccc(OCc2cscn2)cc1. The lowest BCUT2D eigenvalue weighted by molar-refractivity contribution is 0.102. The minimum absolute atomic E-state index is 0.199. The maximum atomic E-state index is 12.4. The van der Waals surface area contributed by atoms with Crippen LogP contribution in [0.2, 0.25) is 0 Å². The zero-order valence-corrected chi connectivity index (χ0v) is 14.8. The summed E-state index contributed by atoms with van der Waals surface area (Å²) in [4.78, 5) is 16.6. The second-order valence-electron chi connectivity index (χ2n) is 5.45. The molecule has 128 valence electrons. The first kappa shape index (κ1) is 17.0. The summed E-state index contributed by atoms with van der Waals surface area (Å²) in [5.74, 6) is 1.12. The van der Waals surface area contributed by atoms with E-state index >= 15 is 0 Å². The fourth-order valence-electron chi connectivity index (χ4n) is 2.28. The lowest BCUT2D eigenvalue weighted by Crippen LogP contribution is -2.12. The Hall–Kier alpha value is -2.86. The lowest BCUT2D eigenvalue weighted by Gasteiger charge is -2.11. The van der Waals surface area contributed by atoms with Gasteiger partial charge in [0.15, 0.2) is 0 Å². The van der Waals surface area contributed by atoms with Crippen molar-refractivity contribution < 1.29 is 14.3 Å². The highest BCUT2D eigenvalue weighted by atomic mass is 32.1. The molecule has 0 fully saturated rings. The Morgan fingerprint density at radius 3 is 2.68 bits per heavy atom. The maximum Gasteiger partial charge on any atom is 0.255 e. The van der Waals surface area contributed by atoms with Crippen LogP contribution in [-0.4, -0.2) is 18.0 Å². The number of aryl methyl sites for hydroxylation is 1. The van der Waals surface area contributed by atoms with Crippen LogP contribution in [0.3, 0.4) is 0 Å². The monoisotopic (exact) mass is 354 g/mol. The summed E-state index contributed by atoms with van der Waals surface area (Å²) in [6, 6.07) is 12.6. The Morgan fingerprint density at radius 2 is 2.00 bits per heavy atom. The second-order valence-corrected chi connectivity index (χ2v) is 6.17. The first-order valence-electron chi connectivity index (χ1n) is 7.71. The highest BCUT2D eigenvalue weighted by molar-refractivity contribution is 7.07. The normalized spacial score (nSPS) is 10.3. The van der Waals surface area contributed by atoms with Crippen LogP contribution in [0.1, 0.15) is 21.6 Å². The lowest BCUT2D eigenvalue weighted by atomic mass is 10.1. The topological polar surface area (TPSA) is 60.5 Å². The van der Waals surface area contributed by atoms with Crippen molar-refractivity contribution in [2.75, 3.05) is 12.4 Å². The standard InChI is InChI=1S/C19H18N2O3S/c1-13-3-8-18(23-2)17(9-13)21-19(22)14-4-6-16(7-5-14)24-10-15-11-25-12-20-15/h3-9,11-12H,10H2,1-2H3,(H,21,22). The van der Waals surface area contributed by atoms with Gasteiger partial charge in [-0.15, -0.1) is 11.3 Å². The Morgan fingerprint density at radius 1 is 1.20 bits per heavy atom. The van der Waals surface area contributed by atoms with Crippen molar-refractivity contribution in [3.8, 4) is 11.5 Å². The molecule has 0 atom stereocenters. The van der Waals surface area contributed by atoms with E-state index in [-0.39, 0.29) is 5.91 Å². The number of rotatable bonds is 6. The van der Waals surface area contributed by atoms with Gasteiger partial charge in [-0.1, -0.05) is 6.07 Å². The number of anilines is 1. The highest BCUT2D eigenvalue weighted by Crippen LogP contribution is 2.26. The summed E-state index contributed by atoms with van der Waals surface area (Å²) in [6.07, 6.45) is 0. The van der Waals surface area contributed by atoms with Crippen LogP contribution in [0, 0.1) is 6.92 Å². The summed E-state index contributed by atoms with van der Waals surface area (Å²) in [7, 11) is 1.58. The van der Waals surface area contributed by atoms with Crippen LogP contribution in [0.5, 0.6) is 11.5 Å². The molecule has 0 radical (unpaired) electrons. The van der Waals surface area contributed by atoms with E-state index in [2.05, 4.69) is 10.3 Å². The van der Waals surface area contributed by atoms with Crippen LogP contribution in [0.25, 0.3) is 0 Å². The van der Waals surface area contributed by atoms with Crippen LogP contribution < -0.4 is 14.8 Å². The Bertz CT molecular complexity index is 846. The number of nitrogens with one attached hydrogen (secondary N) is 1. The molecule has 2 aromatic carbocycles. The number of carbonyl (C=O) groups is 1. The molecule has 0 aliphatic heterocycles. The van der Waals surface area contributed by atoms with Crippen molar-refractivity contribution in [3.05, 3.63) is 70.2 Å². The minimum Gasteiger partial charge on any atom is -0.495 e. The van der Waals surface area contributed by atoms with Gasteiger partial charge in [-0.05, 0) is 48.9 Å². The van der Waals surface area contributed by atoms with Crippen molar-refractivity contribution in [1.29, 1.82) is 0 Å². The molecule has 1 aromatic heterocycles. The van der Waals surface area contributed by atoms with E-state index < -0.39 is 0 Å². The predicted octanol–water partition coefficient (Wildman–Crippen LogP) is 4.29. The van der Waals surface area contributed by atoms with E-state index in [1.165, 1.54) is 11.3 Å². The zero-order chi connectivity index (χ0) is 17.6. The Kier molecular flexibility index (Phi) is 5.30. The van der Waals surface area contributed by atoms with E-state index in [0.717, 1.165) is 11.3 Å². The summed E-state index contributed by atoms with van der Waals surface area (Å²) in [6.45, 7) is 2.37. The van der Waals surface area contributed by atoms with Gasteiger partial charge in [0.1, 0.15) is 18.1 Å². The van der Waals surface area contributed by atoms with Gasteiger partial charge >= 0.3 is 0 Å². The molecular formula is C19H18N2O3S. The molecule has 0 bridgehead atoms. The summed E-state index contributed by atoms with van der Waals surface area (Å²) in [5, 5.41) is 4.82. The quantitative estimate of drug-likeness (QED) is 0.717. The van der Waals surface area contributed by atoms with E-state index in [1.807, 2.05) is 30.5 Å². The first-order chi connectivity index (χ1) is 12.2. The largest absolute Gasteiger partial charge is 0.495 e. The number of nitrogens with zero attached hydrogens (tertiary/aromatic N) is 1. The minimum atomic E-state index is -0.199. The fraction of sp³-hybridized carbons (Fsp3) is 0.158. The number of aromatic nitrogens is 1. The molecular weight excluding hydrogens is 336 g/mol. The number of thiazole rings is 1. The maximum absolute atomic E-state index is 12.4. The Labute approximate surface area is 150 Å². The molecule has 6 heteroatoms. The molecule has 0 saturated heterocycles. The molecule has 1 amide bonds. The average Bonchev–Trinajstić information content (AvgIpc) is 3.14. The first-order valence-corrected chi connectivity index (χ1v) is 8.66. The van der Waals surface area contributed by atoms with Gasteiger partial charge in [-0.25, -0.2) is 4.98 Å². The number of hydrogen-bond acceptors (Lipinski definition) is 5. The van der Waals surface area contributed by atoms with Crippen molar-refractivity contribution in [3.63, 3.8) is 0 Å². The number of hydrogen-bond donors (Lipinski definition) is 1. The number of ether oxygens (including phenoxy) is 2.